The highest BCUT2D eigenvalue weighted by atomic mass is 32.1. The van der Waals surface area contributed by atoms with E-state index in [0.717, 1.165) is 35.4 Å². The fourth-order valence-electron chi connectivity index (χ4n) is 3.81. The van der Waals surface area contributed by atoms with E-state index in [0.29, 0.717) is 29.8 Å². The standard InChI is InChI=1S/C25H30N2O3S/c1-5-14-27-17(3)23(18(4)28)24(26-25(27)31)20-12-13-21(22(15-20)29-6-2)30-16-19-10-8-7-9-11-19/h7-13,15,24H,5-6,14,16H2,1-4H3,(H,26,31). The van der Waals surface area contributed by atoms with Crippen molar-refractivity contribution >= 4 is 23.1 Å². The van der Waals surface area contributed by atoms with Gasteiger partial charge >= 0.3 is 0 Å². The molecule has 0 aromatic heterocycles. The third kappa shape index (κ3) is 5.25. The number of hydrogen-bond donors (Lipinski definition) is 1. The lowest BCUT2D eigenvalue weighted by Crippen LogP contribution is -2.47. The average Bonchev–Trinajstić information content (AvgIpc) is 2.76. The molecule has 0 amide bonds. The Bertz CT molecular complexity index is 972. The number of hydrogen-bond acceptors (Lipinski definition) is 4. The Morgan fingerprint density at radius 1 is 1.10 bits per heavy atom. The molecule has 2 aromatic rings. The van der Waals surface area contributed by atoms with Crippen LogP contribution in [0.3, 0.4) is 0 Å². The van der Waals surface area contributed by atoms with Crippen molar-refractivity contribution in [2.75, 3.05) is 13.2 Å². The van der Waals surface area contributed by atoms with Crippen LogP contribution in [0.4, 0.5) is 0 Å². The Hall–Kier alpha value is -2.86. The second-order valence-electron chi connectivity index (χ2n) is 7.50. The van der Waals surface area contributed by atoms with E-state index in [1.54, 1.807) is 6.92 Å². The molecule has 0 spiro atoms. The minimum Gasteiger partial charge on any atom is -0.490 e. The molecule has 164 valence electrons. The Morgan fingerprint density at radius 3 is 2.48 bits per heavy atom. The summed E-state index contributed by atoms with van der Waals surface area (Å²) in [5, 5.41) is 3.99. The highest BCUT2D eigenvalue weighted by molar-refractivity contribution is 7.80. The third-order valence-electron chi connectivity index (χ3n) is 5.26. The van der Waals surface area contributed by atoms with Crippen molar-refractivity contribution in [3.05, 3.63) is 70.9 Å². The van der Waals surface area contributed by atoms with Gasteiger partial charge in [0.2, 0.25) is 0 Å². The van der Waals surface area contributed by atoms with Crippen molar-refractivity contribution in [1.29, 1.82) is 0 Å². The molecule has 2 aromatic carbocycles. The van der Waals surface area contributed by atoms with E-state index in [4.69, 9.17) is 21.7 Å². The van der Waals surface area contributed by atoms with Crippen molar-refractivity contribution in [3.63, 3.8) is 0 Å². The molecule has 0 radical (unpaired) electrons. The molecule has 1 aliphatic heterocycles. The number of thiocarbonyl (C=S) groups is 1. The third-order valence-corrected chi connectivity index (χ3v) is 5.60. The van der Waals surface area contributed by atoms with Gasteiger partial charge in [0.05, 0.1) is 12.6 Å². The molecule has 1 N–H and O–H groups in total. The minimum absolute atomic E-state index is 0.0287. The van der Waals surface area contributed by atoms with Crippen LogP contribution in [0.25, 0.3) is 0 Å². The lowest BCUT2D eigenvalue weighted by Gasteiger charge is -2.37. The van der Waals surface area contributed by atoms with E-state index in [2.05, 4.69) is 12.2 Å². The first-order valence-electron chi connectivity index (χ1n) is 10.7. The molecule has 0 saturated heterocycles. The van der Waals surface area contributed by atoms with E-state index in [1.165, 1.54) is 0 Å². The highest BCUT2D eigenvalue weighted by Crippen LogP contribution is 2.36. The second-order valence-corrected chi connectivity index (χ2v) is 7.89. The van der Waals surface area contributed by atoms with Crippen LogP contribution in [0.5, 0.6) is 11.5 Å². The number of allylic oxidation sites excluding steroid dienone is 1. The maximum atomic E-state index is 12.6. The number of rotatable bonds is 9. The van der Waals surface area contributed by atoms with E-state index >= 15 is 0 Å². The zero-order chi connectivity index (χ0) is 22.4. The van der Waals surface area contributed by atoms with Crippen LogP contribution in [0.2, 0.25) is 0 Å². The fourth-order valence-corrected chi connectivity index (χ4v) is 4.15. The topological polar surface area (TPSA) is 50.8 Å². The first kappa shape index (κ1) is 22.8. The summed E-state index contributed by atoms with van der Waals surface area (Å²) in [7, 11) is 0. The molecular formula is C25H30N2O3S. The average molecular weight is 439 g/mol. The van der Waals surface area contributed by atoms with Gasteiger partial charge < -0.3 is 19.7 Å². The summed E-state index contributed by atoms with van der Waals surface area (Å²) >= 11 is 5.61. The Labute approximate surface area is 190 Å². The van der Waals surface area contributed by atoms with Gasteiger partial charge in [-0.05, 0) is 62.7 Å². The van der Waals surface area contributed by atoms with Gasteiger partial charge in [-0.15, -0.1) is 0 Å². The fraction of sp³-hybridized carbons (Fsp3) is 0.360. The van der Waals surface area contributed by atoms with Crippen molar-refractivity contribution < 1.29 is 14.3 Å². The number of Topliss-reactive ketones (excluding diaryl/α,β-unsaturated/α-hetero) is 1. The highest BCUT2D eigenvalue weighted by Gasteiger charge is 2.32. The molecule has 1 heterocycles. The van der Waals surface area contributed by atoms with Crippen LogP contribution in [-0.2, 0) is 11.4 Å². The van der Waals surface area contributed by atoms with Gasteiger partial charge in [-0.2, -0.15) is 0 Å². The lowest BCUT2D eigenvalue weighted by molar-refractivity contribution is -0.114. The Balaban J connectivity index is 1.93. The van der Waals surface area contributed by atoms with Gasteiger partial charge in [0, 0.05) is 17.8 Å². The number of ketones is 1. The van der Waals surface area contributed by atoms with Gasteiger partial charge in [0.1, 0.15) is 6.61 Å². The molecule has 1 atom stereocenters. The Kier molecular flexibility index (Phi) is 7.69. The zero-order valence-electron chi connectivity index (χ0n) is 18.6. The molecule has 0 bridgehead atoms. The van der Waals surface area contributed by atoms with Gasteiger partial charge in [0.15, 0.2) is 22.4 Å². The molecule has 1 aliphatic rings. The van der Waals surface area contributed by atoms with Crippen LogP contribution < -0.4 is 14.8 Å². The van der Waals surface area contributed by atoms with E-state index in [9.17, 15) is 4.79 Å². The molecule has 5 nitrogen and oxygen atoms in total. The molecule has 0 saturated carbocycles. The Morgan fingerprint density at radius 2 is 1.84 bits per heavy atom. The molecule has 0 aliphatic carbocycles. The first-order chi connectivity index (χ1) is 15.0. The summed E-state index contributed by atoms with van der Waals surface area (Å²) < 4.78 is 11.9. The summed E-state index contributed by atoms with van der Waals surface area (Å²) in [5.41, 5.74) is 3.63. The van der Waals surface area contributed by atoms with E-state index < -0.39 is 0 Å². The largest absolute Gasteiger partial charge is 0.490 e. The van der Waals surface area contributed by atoms with Crippen LogP contribution in [0.15, 0.2) is 59.8 Å². The maximum Gasteiger partial charge on any atom is 0.173 e. The SMILES string of the molecule is CCCN1C(=S)NC(c2ccc(OCc3ccccc3)c(OCC)c2)C(C(C)=O)=C1C. The number of carbonyl (C=O) groups excluding carboxylic acids is 1. The summed E-state index contributed by atoms with van der Waals surface area (Å²) in [4.78, 5) is 14.6. The summed E-state index contributed by atoms with van der Waals surface area (Å²) in [6, 6.07) is 15.5. The van der Waals surface area contributed by atoms with Crippen LogP contribution >= 0.6 is 12.2 Å². The molecule has 0 fully saturated rings. The summed E-state index contributed by atoms with van der Waals surface area (Å²) in [6.45, 7) is 9.35. The van der Waals surface area contributed by atoms with Gasteiger partial charge in [-0.3, -0.25) is 4.79 Å². The van der Waals surface area contributed by atoms with Crippen molar-refractivity contribution in [3.8, 4) is 11.5 Å². The zero-order valence-corrected chi connectivity index (χ0v) is 19.4. The summed E-state index contributed by atoms with van der Waals surface area (Å²) in [6.07, 6.45) is 0.941. The van der Waals surface area contributed by atoms with Crippen molar-refractivity contribution in [2.45, 2.75) is 46.8 Å². The van der Waals surface area contributed by atoms with Crippen LogP contribution in [-0.4, -0.2) is 28.9 Å². The first-order valence-corrected chi connectivity index (χ1v) is 11.1. The smallest absolute Gasteiger partial charge is 0.173 e. The van der Waals surface area contributed by atoms with Gasteiger partial charge in [0.25, 0.3) is 0 Å². The number of carbonyl (C=O) groups is 1. The van der Waals surface area contributed by atoms with Crippen LogP contribution in [0, 0.1) is 0 Å². The predicted molar refractivity (Wildman–Crippen MR) is 127 cm³/mol. The normalized spacial score (nSPS) is 16.2. The lowest BCUT2D eigenvalue weighted by atomic mass is 9.92. The number of nitrogens with zero attached hydrogens (tertiary/aromatic N) is 1. The minimum atomic E-state index is -0.319. The molecular weight excluding hydrogens is 408 g/mol. The number of ether oxygens (including phenoxy) is 2. The quantitative estimate of drug-likeness (QED) is 0.545. The van der Waals surface area contributed by atoms with Gasteiger partial charge in [-0.1, -0.05) is 43.3 Å². The molecule has 6 heteroatoms. The van der Waals surface area contributed by atoms with E-state index in [-0.39, 0.29) is 11.8 Å². The maximum absolute atomic E-state index is 12.6. The van der Waals surface area contributed by atoms with Gasteiger partial charge in [-0.25, -0.2) is 0 Å². The molecule has 3 rings (SSSR count). The second kappa shape index (κ2) is 10.4. The summed E-state index contributed by atoms with van der Waals surface area (Å²) in [5.74, 6) is 1.35. The molecule has 31 heavy (non-hydrogen) atoms. The molecule has 1 unspecified atom stereocenters. The van der Waals surface area contributed by atoms with Crippen LogP contribution in [0.1, 0.15) is 51.3 Å². The van der Waals surface area contributed by atoms with Crippen molar-refractivity contribution in [2.24, 2.45) is 0 Å². The number of benzene rings is 2. The predicted octanol–water partition coefficient (Wildman–Crippen LogP) is 5.17. The monoisotopic (exact) mass is 438 g/mol. The number of nitrogens with one attached hydrogen (secondary N) is 1. The van der Waals surface area contributed by atoms with E-state index in [1.807, 2.05) is 67.3 Å². The van der Waals surface area contributed by atoms with Crippen molar-refractivity contribution in [1.82, 2.24) is 10.2 Å².